The van der Waals surface area contributed by atoms with Gasteiger partial charge in [0.2, 0.25) is 0 Å². The number of para-hydroxylation sites is 1. The fraction of sp³-hybridized carbons (Fsp3) is 0.182. The molecule has 0 saturated carbocycles. The van der Waals surface area contributed by atoms with Gasteiger partial charge in [-0.1, -0.05) is 66.4 Å². The van der Waals surface area contributed by atoms with E-state index >= 15 is 0 Å². The lowest BCUT2D eigenvalue weighted by Gasteiger charge is -2.18. The number of carbonyl (C=O) groups excluding carboxylic acids is 1. The van der Waals surface area contributed by atoms with Crippen molar-refractivity contribution in [2.45, 2.75) is 6.42 Å². The summed E-state index contributed by atoms with van der Waals surface area (Å²) in [5.74, 6) is 1.40. The zero-order chi connectivity index (χ0) is 19.5. The van der Waals surface area contributed by atoms with Gasteiger partial charge in [-0.15, -0.1) is 0 Å². The summed E-state index contributed by atoms with van der Waals surface area (Å²) < 4.78 is 11.8. The fourth-order valence-corrected chi connectivity index (χ4v) is 4.51. The first-order chi connectivity index (χ1) is 13.7. The third-order valence-electron chi connectivity index (χ3n) is 4.61. The number of benzene rings is 2. The van der Waals surface area contributed by atoms with Crippen molar-refractivity contribution in [1.82, 2.24) is 4.90 Å². The Kier molecular flexibility index (Phi) is 5.50. The van der Waals surface area contributed by atoms with Crippen molar-refractivity contribution in [3.8, 4) is 11.5 Å². The van der Waals surface area contributed by atoms with E-state index in [0.29, 0.717) is 28.1 Å². The van der Waals surface area contributed by atoms with Gasteiger partial charge in [-0.3, -0.25) is 9.69 Å². The van der Waals surface area contributed by atoms with Gasteiger partial charge in [0.15, 0.2) is 11.5 Å². The molecule has 2 aromatic carbocycles. The van der Waals surface area contributed by atoms with Crippen molar-refractivity contribution in [3.63, 3.8) is 0 Å². The molecule has 28 heavy (non-hydrogen) atoms. The maximum absolute atomic E-state index is 12.8. The first kappa shape index (κ1) is 18.8. The Morgan fingerprint density at radius 1 is 1.21 bits per heavy atom. The molecule has 4 rings (SSSR count). The van der Waals surface area contributed by atoms with Crippen LogP contribution in [0.4, 0.5) is 0 Å². The number of thiocarbonyl (C=S) groups is 1. The van der Waals surface area contributed by atoms with E-state index in [-0.39, 0.29) is 5.91 Å². The Balaban J connectivity index is 1.50. The molecular weight excluding hydrogens is 390 g/mol. The van der Waals surface area contributed by atoms with E-state index in [2.05, 4.69) is 12.1 Å². The highest BCUT2D eigenvalue weighted by atomic mass is 32.2. The Hall–Kier alpha value is -2.57. The molecule has 4 nitrogen and oxygen atoms in total. The Labute approximate surface area is 173 Å². The lowest BCUT2D eigenvalue weighted by molar-refractivity contribution is -0.122. The van der Waals surface area contributed by atoms with Crippen molar-refractivity contribution in [1.29, 1.82) is 0 Å². The molecular formula is C22H19NO3S2. The van der Waals surface area contributed by atoms with Crippen LogP contribution in [0.3, 0.4) is 0 Å². The van der Waals surface area contributed by atoms with Crippen LogP contribution < -0.4 is 9.47 Å². The van der Waals surface area contributed by atoms with Crippen LogP contribution in [0.25, 0.3) is 6.08 Å². The van der Waals surface area contributed by atoms with Gasteiger partial charge < -0.3 is 9.47 Å². The lowest BCUT2D eigenvalue weighted by Crippen LogP contribution is -2.30. The van der Waals surface area contributed by atoms with E-state index in [1.807, 2.05) is 48.6 Å². The van der Waals surface area contributed by atoms with Gasteiger partial charge in [0.1, 0.15) is 10.9 Å². The molecule has 0 spiro atoms. The smallest absolute Gasteiger partial charge is 0.266 e. The molecule has 0 bridgehead atoms. The van der Waals surface area contributed by atoms with E-state index in [0.717, 1.165) is 23.3 Å². The molecule has 1 saturated heterocycles. The highest BCUT2D eigenvalue weighted by molar-refractivity contribution is 8.26. The van der Waals surface area contributed by atoms with Crippen LogP contribution in [0.2, 0.25) is 0 Å². The highest BCUT2D eigenvalue weighted by Gasteiger charge is 2.32. The maximum atomic E-state index is 12.8. The topological polar surface area (TPSA) is 38.8 Å². The van der Waals surface area contributed by atoms with E-state index in [9.17, 15) is 4.79 Å². The summed E-state index contributed by atoms with van der Waals surface area (Å²) in [6, 6.07) is 15.9. The monoisotopic (exact) mass is 409 g/mol. The normalized spacial score (nSPS) is 17.4. The summed E-state index contributed by atoms with van der Waals surface area (Å²) in [6.07, 6.45) is 4.68. The summed E-state index contributed by atoms with van der Waals surface area (Å²) in [6.45, 7) is 0.975. The molecule has 0 atom stereocenters. The summed E-state index contributed by atoms with van der Waals surface area (Å²) in [7, 11) is 1.62. The van der Waals surface area contributed by atoms with Crippen molar-refractivity contribution in [2.24, 2.45) is 0 Å². The molecule has 1 amide bonds. The first-order valence-corrected chi connectivity index (χ1v) is 10.2. The number of thioether (sulfide) groups is 1. The number of nitrogens with zero attached hydrogens (tertiary/aromatic N) is 1. The molecule has 2 heterocycles. The number of rotatable bonds is 5. The predicted molar refractivity (Wildman–Crippen MR) is 117 cm³/mol. The van der Waals surface area contributed by atoms with Gasteiger partial charge in [0.25, 0.3) is 5.91 Å². The van der Waals surface area contributed by atoms with E-state index in [1.54, 1.807) is 12.0 Å². The molecule has 1 fully saturated rings. The largest absolute Gasteiger partial charge is 0.493 e. The second kappa shape index (κ2) is 8.20. The Morgan fingerprint density at radius 3 is 2.82 bits per heavy atom. The predicted octanol–water partition coefficient (Wildman–Crippen LogP) is 4.46. The Bertz CT molecular complexity index is 983. The first-order valence-electron chi connectivity index (χ1n) is 8.95. The number of carbonyl (C=O) groups is 1. The molecule has 0 aromatic heterocycles. The Morgan fingerprint density at radius 2 is 2.04 bits per heavy atom. The summed E-state index contributed by atoms with van der Waals surface area (Å²) in [5, 5.41) is 0. The van der Waals surface area contributed by atoms with Gasteiger partial charge in [-0.2, -0.15) is 0 Å². The molecule has 0 radical (unpaired) electrons. The summed E-state index contributed by atoms with van der Waals surface area (Å²) >= 11 is 6.78. The van der Waals surface area contributed by atoms with Crippen molar-refractivity contribution in [2.75, 3.05) is 20.3 Å². The van der Waals surface area contributed by atoms with Gasteiger partial charge in [-0.05, 0) is 35.8 Å². The standard InChI is InChI=1S/C22H19NO3S2/c1-25-18-9-5-8-17-12-16(14-26-20(17)18)13-19-21(24)23(22(27)28-19)11-10-15-6-3-2-4-7-15/h2-9,12-13H,10-11,14H2,1H3/b19-13-. The quantitative estimate of drug-likeness (QED) is 0.539. The van der Waals surface area contributed by atoms with Gasteiger partial charge in [-0.25, -0.2) is 0 Å². The molecule has 6 heteroatoms. The van der Waals surface area contributed by atoms with Crippen LogP contribution in [-0.4, -0.2) is 35.4 Å². The SMILES string of the molecule is COc1cccc2c1OCC(/C=C1\SC(=S)N(CCc3ccccc3)C1=O)=C2. The number of hydrogen-bond acceptors (Lipinski definition) is 5. The number of amides is 1. The molecule has 2 aromatic rings. The van der Waals surface area contributed by atoms with Crippen LogP contribution in [0.1, 0.15) is 11.1 Å². The van der Waals surface area contributed by atoms with Crippen molar-refractivity contribution < 1.29 is 14.3 Å². The van der Waals surface area contributed by atoms with Crippen LogP contribution in [0.15, 0.2) is 65.1 Å². The molecule has 2 aliphatic heterocycles. The number of hydrogen-bond donors (Lipinski definition) is 0. The molecule has 0 aliphatic carbocycles. The lowest BCUT2D eigenvalue weighted by atomic mass is 10.1. The minimum Gasteiger partial charge on any atom is -0.493 e. The van der Waals surface area contributed by atoms with E-state index < -0.39 is 0 Å². The van der Waals surface area contributed by atoms with Crippen LogP contribution >= 0.6 is 24.0 Å². The third-order valence-corrected chi connectivity index (χ3v) is 5.99. The third kappa shape index (κ3) is 3.84. The van der Waals surface area contributed by atoms with E-state index in [4.69, 9.17) is 21.7 Å². The molecule has 0 N–H and O–H groups in total. The van der Waals surface area contributed by atoms with Crippen LogP contribution in [0, 0.1) is 0 Å². The van der Waals surface area contributed by atoms with Crippen LogP contribution in [0.5, 0.6) is 11.5 Å². The minimum atomic E-state index is -0.0386. The van der Waals surface area contributed by atoms with Crippen molar-refractivity contribution >= 4 is 40.3 Å². The van der Waals surface area contributed by atoms with Gasteiger partial charge in [0, 0.05) is 12.1 Å². The molecule has 2 aliphatic rings. The zero-order valence-electron chi connectivity index (χ0n) is 15.4. The van der Waals surface area contributed by atoms with Gasteiger partial charge >= 0.3 is 0 Å². The van der Waals surface area contributed by atoms with E-state index in [1.165, 1.54) is 17.3 Å². The minimum absolute atomic E-state index is 0.0386. The molecule has 142 valence electrons. The number of fused-ring (bicyclic) bond motifs is 1. The average molecular weight is 410 g/mol. The second-order valence-corrected chi connectivity index (χ2v) is 8.13. The van der Waals surface area contributed by atoms with Crippen molar-refractivity contribution in [3.05, 3.63) is 76.2 Å². The summed E-state index contributed by atoms with van der Waals surface area (Å²) in [4.78, 5) is 15.1. The fourth-order valence-electron chi connectivity index (χ4n) is 3.19. The number of methoxy groups -OCH3 is 1. The maximum Gasteiger partial charge on any atom is 0.266 e. The number of ether oxygens (including phenoxy) is 2. The summed E-state index contributed by atoms with van der Waals surface area (Å²) in [5.41, 5.74) is 3.06. The van der Waals surface area contributed by atoms with Crippen LogP contribution in [-0.2, 0) is 11.2 Å². The average Bonchev–Trinajstić information content (AvgIpc) is 2.99. The van der Waals surface area contributed by atoms with Gasteiger partial charge in [0.05, 0.1) is 12.0 Å². The molecule has 0 unspecified atom stereocenters. The highest BCUT2D eigenvalue weighted by Crippen LogP contribution is 2.37. The second-order valence-electron chi connectivity index (χ2n) is 6.46. The zero-order valence-corrected chi connectivity index (χ0v) is 17.0.